The molecule has 1 fully saturated rings. The summed E-state index contributed by atoms with van der Waals surface area (Å²) in [5, 5.41) is 4.07. The Morgan fingerprint density at radius 3 is 2.60 bits per heavy atom. The van der Waals surface area contributed by atoms with Gasteiger partial charge in [0.1, 0.15) is 33.3 Å². The molecule has 0 spiro atoms. The molecule has 3 heterocycles. The fourth-order valence-electron chi connectivity index (χ4n) is 4.06. The van der Waals surface area contributed by atoms with Gasteiger partial charge in [-0.05, 0) is 51.8 Å². The molecule has 0 unspecified atom stereocenters. The zero-order chi connectivity index (χ0) is 25.0. The van der Waals surface area contributed by atoms with Gasteiger partial charge >= 0.3 is 0 Å². The Morgan fingerprint density at radius 2 is 1.94 bits per heavy atom. The highest BCUT2D eigenvalue weighted by atomic mass is 32.2. The number of ether oxygens (including phenoxy) is 1. The van der Waals surface area contributed by atoms with Crippen molar-refractivity contribution in [3.05, 3.63) is 48.0 Å². The lowest BCUT2D eigenvalue weighted by molar-refractivity contribution is 0.395. The van der Waals surface area contributed by atoms with Crippen LogP contribution < -0.4 is 10.5 Å². The first-order valence-corrected chi connectivity index (χ1v) is 13.0. The van der Waals surface area contributed by atoms with Crippen LogP contribution in [0.5, 0.6) is 5.88 Å². The van der Waals surface area contributed by atoms with Crippen LogP contribution in [0.1, 0.15) is 39.2 Å². The summed E-state index contributed by atoms with van der Waals surface area (Å²) in [4.78, 5) is 13.1. The van der Waals surface area contributed by atoms with E-state index in [2.05, 4.69) is 24.5 Å². The SMILES string of the molecule is COc1cnc(-c2cc(-c3ccc(F)c([C@]4(C)C[S@@](=O)(=NC5CC5)C(C)(C)C(N)=N4)c3)on2)cn1. The van der Waals surface area contributed by atoms with Gasteiger partial charge in [-0.15, -0.1) is 0 Å². The van der Waals surface area contributed by atoms with E-state index in [1.165, 1.54) is 25.6 Å². The second-order valence-corrected chi connectivity index (χ2v) is 12.4. The van der Waals surface area contributed by atoms with Crippen LogP contribution in [-0.4, -0.2) is 48.8 Å². The number of methoxy groups -OCH3 is 1. The first-order chi connectivity index (χ1) is 16.5. The average Bonchev–Trinajstić information content (AvgIpc) is 3.49. The molecule has 1 aromatic carbocycles. The van der Waals surface area contributed by atoms with E-state index in [1.54, 1.807) is 39.0 Å². The van der Waals surface area contributed by atoms with Crippen LogP contribution in [0.2, 0.25) is 0 Å². The first kappa shape index (κ1) is 23.4. The lowest BCUT2D eigenvalue weighted by Crippen LogP contribution is -2.55. The third-order valence-corrected chi connectivity index (χ3v) is 9.96. The van der Waals surface area contributed by atoms with E-state index in [-0.39, 0.29) is 23.2 Å². The van der Waals surface area contributed by atoms with Crippen LogP contribution >= 0.6 is 0 Å². The first-order valence-electron chi connectivity index (χ1n) is 11.3. The molecule has 0 radical (unpaired) electrons. The Morgan fingerprint density at radius 1 is 1.17 bits per heavy atom. The van der Waals surface area contributed by atoms with Gasteiger partial charge < -0.3 is 15.0 Å². The van der Waals surface area contributed by atoms with Crippen molar-refractivity contribution in [2.75, 3.05) is 12.9 Å². The molecule has 184 valence electrons. The number of nitrogens with two attached hydrogens (primary N) is 1. The molecule has 3 aromatic rings. The van der Waals surface area contributed by atoms with Gasteiger partial charge in [-0.3, -0.25) is 4.99 Å². The zero-order valence-electron chi connectivity index (χ0n) is 20.0. The molecule has 1 saturated carbocycles. The molecule has 0 saturated heterocycles. The molecule has 11 heteroatoms. The quantitative estimate of drug-likeness (QED) is 0.564. The van der Waals surface area contributed by atoms with E-state index in [9.17, 15) is 4.21 Å². The molecular formula is C24H27FN6O3S. The highest BCUT2D eigenvalue weighted by molar-refractivity contribution is 7.95. The Hall–Kier alpha value is -3.34. The van der Waals surface area contributed by atoms with Gasteiger partial charge in [0.15, 0.2) is 5.76 Å². The molecule has 2 aromatic heterocycles. The molecule has 1 aliphatic carbocycles. The number of aromatic nitrogens is 3. The smallest absolute Gasteiger partial charge is 0.232 e. The average molecular weight is 499 g/mol. The molecular weight excluding hydrogens is 471 g/mol. The third-order valence-electron chi connectivity index (χ3n) is 6.57. The molecule has 1 aliphatic heterocycles. The van der Waals surface area contributed by atoms with Crippen LogP contribution in [0.3, 0.4) is 0 Å². The Bertz CT molecular complexity index is 1440. The lowest BCUT2D eigenvalue weighted by Gasteiger charge is -2.40. The maximum absolute atomic E-state index is 15.2. The monoisotopic (exact) mass is 498 g/mol. The Kier molecular flexibility index (Phi) is 5.42. The van der Waals surface area contributed by atoms with Gasteiger partial charge in [0.2, 0.25) is 5.88 Å². The number of hydrogen-bond donors (Lipinski definition) is 1. The maximum atomic E-state index is 15.2. The van der Waals surface area contributed by atoms with E-state index < -0.39 is 25.8 Å². The summed E-state index contributed by atoms with van der Waals surface area (Å²) in [5.74, 6) is 0.619. The van der Waals surface area contributed by atoms with E-state index in [1.807, 2.05) is 0 Å². The molecule has 35 heavy (non-hydrogen) atoms. The molecule has 9 nitrogen and oxygen atoms in total. The predicted molar refractivity (Wildman–Crippen MR) is 131 cm³/mol. The fourth-order valence-corrected chi connectivity index (χ4v) is 6.81. The number of rotatable bonds is 5. The summed E-state index contributed by atoms with van der Waals surface area (Å²) in [7, 11) is -1.29. The molecule has 2 atom stereocenters. The number of hydrogen-bond acceptors (Lipinski definition) is 9. The Labute approximate surface area is 203 Å². The normalized spacial score (nSPS) is 25.7. The third kappa shape index (κ3) is 4.07. The maximum Gasteiger partial charge on any atom is 0.232 e. The largest absolute Gasteiger partial charge is 0.480 e. The van der Waals surface area contributed by atoms with Gasteiger partial charge in [0.05, 0.1) is 41.0 Å². The van der Waals surface area contributed by atoms with Crippen LogP contribution in [0.25, 0.3) is 22.7 Å². The number of amidine groups is 1. The minimum atomic E-state index is -2.80. The molecule has 2 N–H and O–H groups in total. The van der Waals surface area contributed by atoms with Crippen molar-refractivity contribution in [3.8, 4) is 28.6 Å². The van der Waals surface area contributed by atoms with Gasteiger partial charge in [0.25, 0.3) is 0 Å². The highest BCUT2D eigenvalue weighted by Crippen LogP contribution is 2.42. The van der Waals surface area contributed by atoms with Crippen LogP contribution in [0.4, 0.5) is 4.39 Å². The van der Waals surface area contributed by atoms with Gasteiger partial charge in [-0.25, -0.2) is 22.9 Å². The van der Waals surface area contributed by atoms with Crippen LogP contribution in [0, 0.1) is 5.82 Å². The van der Waals surface area contributed by atoms with Gasteiger partial charge in [-0.1, -0.05) is 5.16 Å². The standard InChI is InChI=1S/C24H27FN6O3S/c1-23(2)22(26)29-24(3,13-35(23,32)31-15-6-7-15)16-9-14(5-8-17(16)25)20-10-18(30-34-20)19-11-28-21(33-4)12-27-19/h5,8-12,15H,6-7,13H2,1-4H3,(H2,26,29)/t24-,35-/m0/s1. The number of nitrogens with zero attached hydrogens (tertiary/aromatic N) is 5. The van der Waals surface area contributed by atoms with Crippen molar-refractivity contribution in [1.82, 2.24) is 15.1 Å². The Balaban J connectivity index is 1.54. The van der Waals surface area contributed by atoms with E-state index >= 15 is 4.39 Å². The van der Waals surface area contributed by atoms with Crippen molar-refractivity contribution in [1.29, 1.82) is 0 Å². The summed E-state index contributed by atoms with van der Waals surface area (Å²) >= 11 is 0. The van der Waals surface area contributed by atoms with E-state index in [0.29, 0.717) is 28.6 Å². The van der Waals surface area contributed by atoms with E-state index in [4.69, 9.17) is 15.0 Å². The molecule has 2 aliphatic rings. The predicted octanol–water partition coefficient (Wildman–Crippen LogP) is 3.94. The molecule has 0 bridgehead atoms. The fraction of sp³-hybridized carbons (Fsp3) is 0.417. The second-order valence-electron chi connectivity index (χ2n) is 9.62. The van der Waals surface area contributed by atoms with Gasteiger partial charge in [-0.2, -0.15) is 0 Å². The zero-order valence-corrected chi connectivity index (χ0v) is 20.8. The summed E-state index contributed by atoms with van der Waals surface area (Å²) < 4.78 is 43.6. The summed E-state index contributed by atoms with van der Waals surface area (Å²) in [6, 6.07) is 6.35. The number of benzene rings is 1. The van der Waals surface area contributed by atoms with Gasteiger partial charge in [0, 0.05) is 17.2 Å². The number of aliphatic imine (C=N–C) groups is 1. The molecule has 0 amide bonds. The lowest BCUT2D eigenvalue weighted by atomic mass is 9.91. The minimum absolute atomic E-state index is 0.0711. The van der Waals surface area contributed by atoms with Crippen molar-refractivity contribution in [2.45, 2.75) is 49.9 Å². The summed E-state index contributed by atoms with van der Waals surface area (Å²) in [5.41, 5.74) is 7.01. The van der Waals surface area contributed by atoms with Crippen LogP contribution in [0.15, 0.2) is 50.5 Å². The summed E-state index contributed by atoms with van der Waals surface area (Å²) in [6.07, 6.45) is 4.84. The molecule has 5 rings (SSSR count). The highest BCUT2D eigenvalue weighted by Gasteiger charge is 2.49. The topological polar surface area (TPSA) is 129 Å². The van der Waals surface area contributed by atoms with Crippen LogP contribution in [-0.2, 0) is 15.3 Å². The van der Waals surface area contributed by atoms with Crippen molar-refractivity contribution < 1.29 is 17.9 Å². The van der Waals surface area contributed by atoms with Crippen molar-refractivity contribution >= 4 is 15.6 Å². The van der Waals surface area contributed by atoms with Crippen molar-refractivity contribution in [2.24, 2.45) is 15.1 Å². The second kappa shape index (κ2) is 8.11. The number of halogens is 1. The van der Waals surface area contributed by atoms with E-state index in [0.717, 1.165) is 12.8 Å². The minimum Gasteiger partial charge on any atom is -0.480 e. The summed E-state index contributed by atoms with van der Waals surface area (Å²) in [6.45, 7) is 5.34. The van der Waals surface area contributed by atoms with Crippen molar-refractivity contribution in [3.63, 3.8) is 0 Å².